The predicted molar refractivity (Wildman–Crippen MR) is 126 cm³/mol. The molecule has 0 bridgehead atoms. The zero-order valence-electron chi connectivity index (χ0n) is 18.0. The zero-order valence-corrected chi connectivity index (χ0v) is 18.0. The smallest absolute Gasteiger partial charge is 0.252 e. The summed E-state index contributed by atoms with van der Waals surface area (Å²) in [5, 5.41) is 12.3. The molecule has 158 valence electrons. The largest absolute Gasteiger partial charge is 0.511 e. The van der Waals surface area contributed by atoms with Gasteiger partial charge in [0.05, 0.1) is 6.04 Å². The van der Waals surface area contributed by atoms with Crippen molar-refractivity contribution in [3.8, 4) is 0 Å². The lowest BCUT2D eigenvalue weighted by atomic mass is 9.96. The van der Waals surface area contributed by atoms with Gasteiger partial charge in [0, 0.05) is 5.56 Å². The van der Waals surface area contributed by atoms with Crippen molar-refractivity contribution < 1.29 is 14.6 Å². The molecule has 2 N–H and O–H groups in total. The molecule has 4 nitrogen and oxygen atoms in total. The maximum atomic E-state index is 12.8. The molecule has 0 aliphatic rings. The Hall–Kier alpha value is -3.53. The Balaban J connectivity index is 3.32. The van der Waals surface area contributed by atoms with Gasteiger partial charge in [0.1, 0.15) is 18.1 Å². The predicted octanol–water partition coefficient (Wildman–Crippen LogP) is 6.18. The first-order valence-electron chi connectivity index (χ1n) is 9.73. The molecule has 0 radical (unpaired) electrons. The minimum atomic E-state index is -0.563. The van der Waals surface area contributed by atoms with Gasteiger partial charge in [0.2, 0.25) is 0 Å². The second kappa shape index (κ2) is 12.8. The van der Waals surface area contributed by atoms with Crippen LogP contribution in [0.5, 0.6) is 0 Å². The van der Waals surface area contributed by atoms with E-state index in [0.717, 1.165) is 16.7 Å². The van der Waals surface area contributed by atoms with Gasteiger partial charge in [-0.05, 0) is 61.8 Å². The van der Waals surface area contributed by atoms with E-state index in [9.17, 15) is 9.90 Å². The van der Waals surface area contributed by atoms with Gasteiger partial charge >= 0.3 is 0 Å². The number of carbonyl (C=O) groups is 1. The second-order valence-electron chi connectivity index (χ2n) is 6.51. The molecule has 0 fully saturated rings. The highest BCUT2D eigenvalue weighted by molar-refractivity contribution is 6.00. The lowest BCUT2D eigenvalue weighted by Crippen LogP contribution is -2.34. The highest BCUT2D eigenvalue weighted by atomic mass is 16.5. The van der Waals surface area contributed by atoms with Gasteiger partial charge in [-0.15, -0.1) is 0 Å². The van der Waals surface area contributed by atoms with Crippen molar-refractivity contribution in [2.45, 2.75) is 33.4 Å². The van der Waals surface area contributed by atoms with Crippen LogP contribution in [0.4, 0.5) is 0 Å². The summed E-state index contributed by atoms with van der Waals surface area (Å²) in [6, 6.07) is 4.92. The van der Waals surface area contributed by atoms with E-state index in [2.05, 4.69) is 25.1 Å². The van der Waals surface area contributed by atoms with Gasteiger partial charge in [0.25, 0.3) is 5.91 Å². The summed E-state index contributed by atoms with van der Waals surface area (Å²) >= 11 is 0. The SMILES string of the molecule is C=C/C(=C\C=C/C)OCc1ccc(C(=O)N[C@@H](C)C(=C)O)c(/C(C=C)=C/C=C\C)c1. The summed E-state index contributed by atoms with van der Waals surface area (Å²) in [4.78, 5) is 12.8. The van der Waals surface area contributed by atoms with Crippen molar-refractivity contribution in [2.24, 2.45) is 0 Å². The minimum Gasteiger partial charge on any atom is -0.511 e. The monoisotopic (exact) mass is 405 g/mol. The van der Waals surface area contributed by atoms with Gasteiger partial charge in [-0.1, -0.05) is 62.3 Å². The minimum absolute atomic E-state index is 0.104. The van der Waals surface area contributed by atoms with Crippen molar-refractivity contribution >= 4 is 11.5 Å². The first-order chi connectivity index (χ1) is 14.4. The highest BCUT2D eigenvalue weighted by Gasteiger charge is 2.17. The van der Waals surface area contributed by atoms with Crippen molar-refractivity contribution in [3.05, 3.63) is 115 Å². The Morgan fingerprint density at radius 2 is 1.80 bits per heavy atom. The van der Waals surface area contributed by atoms with E-state index in [1.165, 1.54) is 0 Å². The fourth-order valence-electron chi connectivity index (χ4n) is 2.48. The summed E-state index contributed by atoms with van der Waals surface area (Å²) < 4.78 is 5.81. The van der Waals surface area contributed by atoms with Gasteiger partial charge < -0.3 is 15.2 Å². The molecule has 0 aliphatic carbocycles. The molecule has 4 heteroatoms. The quantitative estimate of drug-likeness (QED) is 0.341. The molecule has 1 aromatic rings. The molecule has 0 aromatic heterocycles. The Morgan fingerprint density at radius 3 is 2.37 bits per heavy atom. The number of aliphatic hydroxyl groups is 1. The number of nitrogens with one attached hydrogen (secondary N) is 1. The number of benzene rings is 1. The van der Waals surface area contributed by atoms with Gasteiger partial charge in [-0.2, -0.15) is 0 Å². The molecule has 1 rings (SSSR count). The van der Waals surface area contributed by atoms with Crippen LogP contribution in [-0.2, 0) is 11.3 Å². The number of hydrogen-bond acceptors (Lipinski definition) is 3. The van der Waals surface area contributed by atoms with Crippen LogP contribution in [0.25, 0.3) is 5.57 Å². The van der Waals surface area contributed by atoms with E-state index >= 15 is 0 Å². The molecule has 0 unspecified atom stereocenters. The van der Waals surface area contributed by atoms with E-state index in [0.29, 0.717) is 17.9 Å². The molecule has 0 spiro atoms. The van der Waals surface area contributed by atoms with Crippen molar-refractivity contribution in [2.75, 3.05) is 0 Å². The second-order valence-corrected chi connectivity index (χ2v) is 6.51. The van der Waals surface area contributed by atoms with Gasteiger partial charge in [0.15, 0.2) is 0 Å². The standard InChI is InChI=1S/C26H31NO3/c1-7-11-13-22(9-3)25-17-21(18-30-23(10-4)14-12-8-2)15-16-24(25)26(29)27-19(5)20(6)28/h7-17,19,28H,3-4,6,18H2,1-2,5H3,(H,27,29)/b11-7-,12-8-,22-13+,23-14+/t19-/m0/s1. The van der Waals surface area contributed by atoms with Crippen LogP contribution in [0.15, 0.2) is 98.1 Å². The topological polar surface area (TPSA) is 58.6 Å². The maximum absolute atomic E-state index is 12.8. The maximum Gasteiger partial charge on any atom is 0.252 e. The average Bonchev–Trinajstić information content (AvgIpc) is 2.74. The molecule has 1 atom stereocenters. The summed E-state index contributed by atoms with van der Waals surface area (Å²) in [5.41, 5.74) is 2.87. The van der Waals surface area contributed by atoms with Gasteiger partial charge in [-0.3, -0.25) is 4.79 Å². The average molecular weight is 406 g/mol. The lowest BCUT2D eigenvalue weighted by Gasteiger charge is -2.16. The van der Waals surface area contributed by atoms with E-state index in [-0.39, 0.29) is 11.7 Å². The fourth-order valence-corrected chi connectivity index (χ4v) is 2.48. The Labute approximate surface area is 180 Å². The molecular formula is C26H31NO3. The molecule has 30 heavy (non-hydrogen) atoms. The Kier molecular flexibility index (Phi) is 10.5. The van der Waals surface area contributed by atoms with Crippen LogP contribution in [0.3, 0.4) is 0 Å². The van der Waals surface area contributed by atoms with E-state index in [4.69, 9.17) is 4.74 Å². The number of carbonyl (C=O) groups excluding carboxylic acids is 1. The third kappa shape index (κ3) is 7.47. The number of aliphatic hydroxyl groups excluding tert-OH is 1. The third-order valence-corrected chi connectivity index (χ3v) is 4.23. The van der Waals surface area contributed by atoms with E-state index in [1.54, 1.807) is 25.1 Å². The Bertz CT molecular complexity index is 901. The van der Waals surface area contributed by atoms with Crippen molar-refractivity contribution in [1.82, 2.24) is 5.32 Å². The Morgan fingerprint density at radius 1 is 1.13 bits per heavy atom. The summed E-state index contributed by atoms with van der Waals surface area (Å²) in [5.74, 6) is 0.238. The summed E-state index contributed by atoms with van der Waals surface area (Å²) in [6.45, 7) is 16.9. The van der Waals surface area contributed by atoms with Crippen molar-refractivity contribution in [1.29, 1.82) is 0 Å². The molecule has 0 aliphatic heterocycles. The van der Waals surface area contributed by atoms with Crippen LogP contribution in [-0.4, -0.2) is 17.1 Å². The van der Waals surface area contributed by atoms with Crippen LogP contribution >= 0.6 is 0 Å². The summed E-state index contributed by atoms with van der Waals surface area (Å²) in [7, 11) is 0. The molecule has 0 heterocycles. The van der Waals surface area contributed by atoms with Crippen LogP contribution in [0, 0.1) is 0 Å². The molecule has 1 amide bonds. The highest BCUT2D eigenvalue weighted by Crippen LogP contribution is 2.24. The molecular weight excluding hydrogens is 374 g/mol. The number of amides is 1. The number of ether oxygens (including phenoxy) is 1. The van der Waals surface area contributed by atoms with E-state index in [1.807, 2.05) is 62.4 Å². The lowest BCUT2D eigenvalue weighted by molar-refractivity contribution is 0.0937. The molecule has 0 saturated heterocycles. The molecule has 1 aromatic carbocycles. The van der Waals surface area contributed by atoms with Crippen molar-refractivity contribution in [3.63, 3.8) is 0 Å². The van der Waals surface area contributed by atoms with Gasteiger partial charge in [-0.25, -0.2) is 0 Å². The van der Waals surface area contributed by atoms with Crippen LogP contribution in [0.2, 0.25) is 0 Å². The number of allylic oxidation sites excluding steroid dienone is 9. The van der Waals surface area contributed by atoms with E-state index < -0.39 is 6.04 Å². The first-order valence-corrected chi connectivity index (χ1v) is 9.73. The fraction of sp³-hybridized carbons (Fsp3) is 0.192. The van der Waals surface area contributed by atoms with Crippen LogP contribution < -0.4 is 5.32 Å². The summed E-state index contributed by atoms with van der Waals surface area (Å²) in [6.07, 6.45) is 14.6. The first kappa shape index (κ1) is 24.5. The number of rotatable bonds is 11. The number of hydrogen-bond donors (Lipinski definition) is 2. The normalized spacial score (nSPS) is 13.3. The zero-order chi connectivity index (χ0) is 22.5. The van der Waals surface area contributed by atoms with Crippen LogP contribution in [0.1, 0.15) is 42.3 Å². The molecule has 0 saturated carbocycles. The third-order valence-electron chi connectivity index (χ3n) is 4.23.